The maximum Gasteiger partial charge on any atom is 0.403 e. The zero-order valence-corrected chi connectivity index (χ0v) is 19.3. The molecule has 5 N–H and O–H groups in total. The number of aliphatic hydroxyl groups excluding tert-OH is 2. The van der Waals surface area contributed by atoms with E-state index < -0.39 is 62.2 Å². The van der Waals surface area contributed by atoms with E-state index in [0.29, 0.717) is 5.56 Å². The lowest BCUT2D eigenvalue weighted by Crippen LogP contribution is -2.39. The van der Waals surface area contributed by atoms with Gasteiger partial charge in [-0.3, -0.25) is 23.7 Å². The maximum absolute atomic E-state index is 12.6. The summed E-state index contributed by atoms with van der Waals surface area (Å²) >= 11 is 0. The van der Waals surface area contributed by atoms with Crippen molar-refractivity contribution < 1.29 is 38.5 Å². The second kappa shape index (κ2) is 10.7. The molecule has 0 saturated carbocycles. The number of carbonyl (C=O) groups is 1. The number of ether oxygens (including phenoxy) is 2. The van der Waals surface area contributed by atoms with Crippen LogP contribution < -0.4 is 16.3 Å². The van der Waals surface area contributed by atoms with Crippen LogP contribution in [-0.2, 0) is 29.8 Å². The van der Waals surface area contributed by atoms with Gasteiger partial charge in [0.1, 0.15) is 24.4 Å². The van der Waals surface area contributed by atoms with Gasteiger partial charge in [-0.1, -0.05) is 30.3 Å². The van der Waals surface area contributed by atoms with Crippen molar-refractivity contribution in [1.29, 1.82) is 0 Å². The second-order valence-corrected chi connectivity index (χ2v) is 9.29. The van der Waals surface area contributed by atoms with E-state index in [4.69, 9.17) is 9.26 Å². The lowest BCUT2D eigenvalue weighted by Gasteiger charge is -2.22. The number of aliphatic hydroxyl groups is 2. The lowest BCUT2D eigenvalue weighted by atomic mass is 10.1. The van der Waals surface area contributed by atoms with Crippen LogP contribution in [-0.4, -0.2) is 68.7 Å². The second-order valence-electron chi connectivity index (χ2n) is 7.74. The molecule has 2 aromatic rings. The summed E-state index contributed by atoms with van der Waals surface area (Å²) in [5, 5.41) is 22.8. The van der Waals surface area contributed by atoms with Gasteiger partial charge in [0.05, 0.1) is 13.7 Å². The Balaban J connectivity index is 1.67. The summed E-state index contributed by atoms with van der Waals surface area (Å²) in [4.78, 5) is 48.0. The average molecular weight is 499 g/mol. The molecule has 1 aliphatic rings. The number of aryl methyl sites for hydroxylation is 1. The normalized spacial score (nSPS) is 25.0. The monoisotopic (exact) mass is 499 g/mol. The molecule has 6 atom stereocenters. The molecule has 1 aromatic heterocycles. The van der Waals surface area contributed by atoms with E-state index in [1.165, 1.54) is 6.92 Å². The van der Waals surface area contributed by atoms with Gasteiger partial charge in [0.15, 0.2) is 6.23 Å². The highest BCUT2D eigenvalue weighted by Gasteiger charge is 2.45. The molecule has 1 aliphatic heterocycles. The van der Waals surface area contributed by atoms with Crippen molar-refractivity contribution in [2.24, 2.45) is 0 Å². The fourth-order valence-electron chi connectivity index (χ4n) is 3.45. The topological polar surface area (TPSA) is 189 Å². The minimum Gasteiger partial charge on any atom is -0.468 e. The average Bonchev–Trinajstić information content (AvgIpc) is 3.08. The van der Waals surface area contributed by atoms with Crippen LogP contribution in [0.3, 0.4) is 0 Å². The third-order valence-electron chi connectivity index (χ3n) is 5.26. The summed E-state index contributed by atoms with van der Waals surface area (Å²) in [6.07, 6.45) is -4.65. The van der Waals surface area contributed by atoms with Crippen LogP contribution in [0, 0.1) is 6.92 Å². The van der Waals surface area contributed by atoms with E-state index in [0.717, 1.165) is 17.9 Å². The molecule has 0 bridgehead atoms. The van der Waals surface area contributed by atoms with Gasteiger partial charge in [-0.25, -0.2) is 14.4 Å². The fraction of sp³-hybridized carbons (Fsp3) is 0.450. The van der Waals surface area contributed by atoms with Gasteiger partial charge in [-0.15, -0.1) is 0 Å². The summed E-state index contributed by atoms with van der Waals surface area (Å²) < 4.78 is 28.7. The van der Waals surface area contributed by atoms with Gasteiger partial charge >= 0.3 is 19.4 Å². The molecule has 1 unspecified atom stereocenters. The van der Waals surface area contributed by atoms with Gasteiger partial charge < -0.3 is 24.6 Å². The standard InChI is InChI=1S/C20H26N3O10P/c1-11-9-23(20(28)21-17(11)26)18-16(25)15(24)14(33-18)10-32-34(29,30)22-13(19(27)31-2)8-12-6-4-3-5-7-12/h3-7,9,13-16,18,24-25H,8,10H2,1-2H3,(H,21,26,28)(H2,22,29,30)/t13-,14+,15+,16+,18+/m0/s1. The maximum atomic E-state index is 12.6. The van der Waals surface area contributed by atoms with Crippen molar-refractivity contribution in [3.8, 4) is 0 Å². The molecule has 0 aliphatic carbocycles. The minimum atomic E-state index is -4.61. The van der Waals surface area contributed by atoms with Crippen LogP contribution in [0.5, 0.6) is 0 Å². The highest BCUT2D eigenvalue weighted by atomic mass is 31.2. The quantitative estimate of drug-likeness (QED) is 0.209. The van der Waals surface area contributed by atoms with Crippen LogP contribution >= 0.6 is 7.75 Å². The highest BCUT2D eigenvalue weighted by molar-refractivity contribution is 7.50. The smallest absolute Gasteiger partial charge is 0.403 e. The Morgan fingerprint density at radius 2 is 1.94 bits per heavy atom. The van der Waals surface area contributed by atoms with E-state index in [9.17, 15) is 34.1 Å². The van der Waals surface area contributed by atoms with Crippen LogP contribution in [0.4, 0.5) is 0 Å². The van der Waals surface area contributed by atoms with Crippen LogP contribution in [0.1, 0.15) is 17.4 Å². The molecule has 0 amide bonds. The Morgan fingerprint density at radius 1 is 1.26 bits per heavy atom. The van der Waals surface area contributed by atoms with Crippen LogP contribution in [0.2, 0.25) is 0 Å². The number of aromatic nitrogens is 2. The summed E-state index contributed by atoms with van der Waals surface area (Å²) in [5.74, 6) is -0.790. The van der Waals surface area contributed by atoms with Crippen LogP contribution in [0.25, 0.3) is 0 Å². The molecule has 186 valence electrons. The molecule has 13 nitrogen and oxygen atoms in total. The third kappa shape index (κ3) is 6.07. The molecule has 14 heteroatoms. The van der Waals surface area contributed by atoms with Crippen molar-refractivity contribution in [3.05, 3.63) is 68.5 Å². The first-order valence-electron chi connectivity index (χ1n) is 10.2. The number of carbonyl (C=O) groups excluding carboxylic acids is 1. The molecule has 1 saturated heterocycles. The van der Waals surface area contributed by atoms with E-state index in [-0.39, 0.29) is 12.0 Å². The van der Waals surface area contributed by atoms with Gasteiger partial charge in [-0.2, -0.15) is 0 Å². The predicted octanol–water partition coefficient (Wildman–Crippen LogP) is -1.04. The number of hydrogen-bond donors (Lipinski definition) is 5. The summed E-state index contributed by atoms with van der Waals surface area (Å²) in [5.41, 5.74) is -0.615. The van der Waals surface area contributed by atoms with Crippen molar-refractivity contribution in [2.75, 3.05) is 13.7 Å². The van der Waals surface area contributed by atoms with Crippen molar-refractivity contribution in [1.82, 2.24) is 14.6 Å². The fourth-order valence-corrected chi connectivity index (χ4v) is 4.47. The molecule has 34 heavy (non-hydrogen) atoms. The number of rotatable bonds is 9. The lowest BCUT2D eigenvalue weighted by molar-refractivity contribution is -0.142. The third-order valence-corrected chi connectivity index (χ3v) is 6.40. The Kier molecular flexibility index (Phi) is 8.21. The van der Waals surface area contributed by atoms with E-state index >= 15 is 0 Å². The SMILES string of the molecule is COC(=O)[C@H](Cc1ccccc1)NP(=O)(O)OC[C@H]1O[C@@H](n2cc(C)c(=O)[nH]c2=O)[C@H](O)[C@@H]1O. The number of hydrogen-bond acceptors (Lipinski definition) is 9. The van der Waals surface area contributed by atoms with Crippen LogP contribution in [0.15, 0.2) is 46.1 Å². The first-order chi connectivity index (χ1) is 16.0. The summed E-state index contributed by atoms with van der Waals surface area (Å²) in [6, 6.07) is 7.51. The van der Waals surface area contributed by atoms with Gasteiger partial charge in [0, 0.05) is 11.8 Å². The number of aromatic amines is 1. The number of H-pyrrole nitrogens is 1. The molecular formula is C20H26N3O10P. The molecule has 0 spiro atoms. The zero-order valence-electron chi connectivity index (χ0n) is 18.4. The van der Waals surface area contributed by atoms with Crippen molar-refractivity contribution in [3.63, 3.8) is 0 Å². The van der Waals surface area contributed by atoms with Gasteiger partial charge in [0.25, 0.3) is 5.56 Å². The molecule has 2 heterocycles. The number of nitrogens with one attached hydrogen (secondary N) is 2. The molecular weight excluding hydrogens is 473 g/mol. The van der Waals surface area contributed by atoms with Crippen molar-refractivity contribution in [2.45, 2.75) is 43.9 Å². The molecule has 1 aromatic carbocycles. The molecule has 1 fully saturated rings. The number of esters is 1. The Labute approximate surface area is 193 Å². The summed E-state index contributed by atoms with van der Waals surface area (Å²) in [7, 11) is -3.47. The predicted molar refractivity (Wildman–Crippen MR) is 117 cm³/mol. The van der Waals surface area contributed by atoms with Gasteiger partial charge in [0.2, 0.25) is 0 Å². The number of benzene rings is 1. The molecule has 0 radical (unpaired) electrons. The minimum absolute atomic E-state index is 0.0409. The number of methoxy groups -OCH3 is 1. The Hall–Kier alpha value is -2.64. The Morgan fingerprint density at radius 3 is 2.59 bits per heavy atom. The van der Waals surface area contributed by atoms with E-state index in [1.54, 1.807) is 30.3 Å². The zero-order chi connectivity index (χ0) is 25.0. The highest BCUT2D eigenvalue weighted by Crippen LogP contribution is 2.40. The first kappa shape index (κ1) is 26.0. The first-order valence-corrected chi connectivity index (χ1v) is 11.8. The number of nitrogens with zero attached hydrogens (tertiary/aromatic N) is 1. The van der Waals surface area contributed by atoms with Crippen molar-refractivity contribution >= 4 is 13.7 Å². The molecule has 3 rings (SSSR count). The Bertz CT molecular complexity index is 1170. The van der Waals surface area contributed by atoms with E-state index in [2.05, 4.69) is 14.8 Å². The van der Waals surface area contributed by atoms with E-state index in [1.807, 2.05) is 0 Å². The largest absolute Gasteiger partial charge is 0.468 e. The summed E-state index contributed by atoms with van der Waals surface area (Å²) in [6.45, 7) is 0.778. The van der Waals surface area contributed by atoms with Gasteiger partial charge in [-0.05, 0) is 18.9 Å².